The molecule has 0 aromatic heterocycles. The number of ether oxygens (including phenoxy) is 1. The van der Waals surface area contributed by atoms with Crippen LogP contribution in [-0.2, 0) is 0 Å². The molecule has 0 fully saturated rings. The first-order valence-corrected chi connectivity index (χ1v) is 5.21. The minimum absolute atomic E-state index is 0.379. The Morgan fingerprint density at radius 3 is 2.60 bits per heavy atom. The fraction of sp³-hybridized carbons (Fsp3) is 0.385. The molecule has 0 saturated carbocycles. The summed E-state index contributed by atoms with van der Waals surface area (Å²) in [6.45, 7) is 3.65. The van der Waals surface area contributed by atoms with Gasteiger partial charge in [-0.1, -0.05) is 18.2 Å². The first-order chi connectivity index (χ1) is 7.27. The van der Waals surface area contributed by atoms with Crippen LogP contribution in [-0.4, -0.2) is 12.2 Å². The lowest BCUT2D eigenvalue weighted by Gasteiger charge is -2.10. The second-order valence-electron chi connectivity index (χ2n) is 3.51. The number of rotatable bonds is 6. The average Bonchev–Trinajstić information content (AvgIpc) is 2.29. The number of aliphatic hydroxyl groups is 1. The predicted molar refractivity (Wildman–Crippen MR) is 62.0 cm³/mol. The third kappa shape index (κ3) is 3.76. The Morgan fingerprint density at radius 2 is 2.07 bits per heavy atom. The molecule has 0 aliphatic heterocycles. The molecule has 1 aromatic carbocycles. The number of allylic oxidation sites excluding steroid dienone is 1. The molecule has 0 radical (unpaired) electrons. The van der Waals surface area contributed by atoms with Crippen molar-refractivity contribution in [1.82, 2.24) is 0 Å². The van der Waals surface area contributed by atoms with Crippen LogP contribution in [0.25, 0.3) is 0 Å². The summed E-state index contributed by atoms with van der Waals surface area (Å²) in [4.78, 5) is 0. The molecule has 82 valence electrons. The van der Waals surface area contributed by atoms with Crippen LogP contribution in [0.3, 0.4) is 0 Å². The summed E-state index contributed by atoms with van der Waals surface area (Å²) in [5.74, 6) is 0.817. The molecule has 1 N–H and O–H groups in total. The van der Waals surface area contributed by atoms with Crippen LogP contribution in [0.1, 0.15) is 30.9 Å². The van der Waals surface area contributed by atoms with Gasteiger partial charge in [-0.15, -0.1) is 6.58 Å². The monoisotopic (exact) mass is 206 g/mol. The van der Waals surface area contributed by atoms with Crippen LogP contribution >= 0.6 is 0 Å². The SMILES string of the molecule is C=CCCCC(O)c1ccc(OC)cc1. The summed E-state index contributed by atoms with van der Waals surface area (Å²) in [5, 5.41) is 9.84. The molecule has 1 aromatic rings. The molecule has 1 rings (SSSR count). The van der Waals surface area contributed by atoms with Gasteiger partial charge in [0, 0.05) is 0 Å². The average molecular weight is 206 g/mol. The van der Waals surface area contributed by atoms with Crippen molar-refractivity contribution >= 4 is 0 Å². The lowest BCUT2D eigenvalue weighted by atomic mass is 10.0. The minimum Gasteiger partial charge on any atom is -0.497 e. The van der Waals surface area contributed by atoms with Gasteiger partial charge in [0.05, 0.1) is 13.2 Å². The van der Waals surface area contributed by atoms with Crippen molar-refractivity contribution in [2.45, 2.75) is 25.4 Å². The van der Waals surface area contributed by atoms with Crippen molar-refractivity contribution in [3.8, 4) is 5.75 Å². The Kier molecular flexibility index (Phi) is 4.91. The molecule has 0 spiro atoms. The molecule has 0 bridgehead atoms. The first kappa shape index (κ1) is 11.8. The summed E-state index contributed by atoms with van der Waals surface area (Å²) < 4.78 is 5.05. The Morgan fingerprint density at radius 1 is 1.40 bits per heavy atom. The molecule has 0 amide bonds. The van der Waals surface area contributed by atoms with E-state index in [1.807, 2.05) is 30.3 Å². The van der Waals surface area contributed by atoms with Crippen molar-refractivity contribution in [3.63, 3.8) is 0 Å². The third-order valence-electron chi connectivity index (χ3n) is 2.39. The summed E-state index contributed by atoms with van der Waals surface area (Å²) in [5.41, 5.74) is 0.944. The van der Waals surface area contributed by atoms with Crippen molar-refractivity contribution < 1.29 is 9.84 Å². The second-order valence-corrected chi connectivity index (χ2v) is 3.51. The topological polar surface area (TPSA) is 29.5 Å². The highest BCUT2D eigenvalue weighted by molar-refractivity contribution is 5.28. The van der Waals surface area contributed by atoms with E-state index in [9.17, 15) is 5.11 Å². The highest BCUT2D eigenvalue weighted by Crippen LogP contribution is 2.21. The Balaban J connectivity index is 2.50. The molecule has 15 heavy (non-hydrogen) atoms. The number of hydrogen-bond donors (Lipinski definition) is 1. The Labute approximate surface area is 91.2 Å². The smallest absolute Gasteiger partial charge is 0.118 e. The normalized spacial score (nSPS) is 12.1. The van der Waals surface area contributed by atoms with Gasteiger partial charge in [-0.3, -0.25) is 0 Å². The van der Waals surface area contributed by atoms with Crippen LogP contribution in [0, 0.1) is 0 Å². The fourth-order valence-electron chi connectivity index (χ4n) is 1.45. The number of unbranched alkanes of at least 4 members (excludes halogenated alkanes) is 1. The molecule has 1 atom stereocenters. The van der Waals surface area contributed by atoms with E-state index in [1.54, 1.807) is 7.11 Å². The van der Waals surface area contributed by atoms with E-state index in [0.717, 1.165) is 30.6 Å². The molecule has 0 heterocycles. The van der Waals surface area contributed by atoms with E-state index in [-0.39, 0.29) is 6.10 Å². The van der Waals surface area contributed by atoms with Crippen LogP contribution in [0.2, 0.25) is 0 Å². The molecule has 0 saturated heterocycles. The highest BCUT2D eigenvalue weighted by Gasteiger charge is 2.06. The fourth-order valence-corrected chi connectivity index (χ4v) is 1.45. The van der Waals surface area contributed by atoms with E-state index in [1.165, 1.54) is 0 Å². The van der Waals surface area contributed by atoms with Gasteiger partial charge >= 0.3 is 0 Å². The number of aliphatic hydroxyl groups excluding tert-OH is 1. The van der Waals surface area contributed by atoms with Gasteiger partial charge in [0.2, 0.25) is 0 Å². The van der Waals surface area contributed by atoms with Gasteiger partial charge in [-0.25, -0.2) is 0 Å². The van der Waals surface area contributed by atoms with Crippen molar-refractivity contribution in [2.24, 2.45) is 0 Å². The highest BCUT2D eigenvalue weighted by atomic mass is 16.5. The van der Waals surface area contributed by atoms with Crippen LogP contribution in [0.5, 0.6) is 5.75 Å². The quantitative estimate of drug-likeness (QED) is 0.572. The summed E-state index contributed by atoms with van der Waals surface area (Å²) >= 11 is 0. The maximum Gasteiger partial charge on any atom is 0.118 e. The van der Waals surface area contributed by atoms with Crippen LogP contribution in [0.4, 0.5) is 0 Å². The van der Waals surface area contributed by atoms with Crippen molar-refractivity contribution in [2.75, 3.05) is 7.11 Å². The molecular formula is C13H18O2. The third-order valence-corrected chi connectivity index (χ3v) is 2.39. The second kappa shape index (κ2) is 6.25. The zero-order valence-electron chi connectivity index (χ0n) is 9.15. The Bertz CT molecular complexity index is 290. The van der Waals surface area contributed by atoms with Gasteiger partial charge in [0.1, 0.15) is 5.75 Å². The van der Waals surface area contributed by atoms with Crippen molar-refractivity contribution in [3.05, 3.63) is 42.5 Å². The van der Waals surface area contributed by atoms with Gasteiger partial charge in [0.25, 0.3) is 0 Å². The summed E-state index contributed by atoms with van der Waals surface area (Å²) in [6.07, 6.45) is 4.19. The molecule has 0 aliphatic rings. The van der Waals surface area contributed by atoms with E-state index in [2.05, 4.69) is 6.58 Å². The number of methoxy groups -OCH3 is 1. The van der Waals surface area contributed by atoms with Gasteiger partial charge in [-0.2, -0.15) is 0 Å². The molecule has 2 nitrogen and oxygen atoms in total. The summed E-state index contributed by atoms with van der Waals surface area (Å²) in [7, 11) is 1.63. The molecular weight excluding hydrogens is 188 g/mol. The minimum atomic E-state index is -0.379. The van der Waals surface area contributed by atoms with Crippen LogP contribution < -0.4 is 4.74 Å². The summed E-state index contributed by atoms with van der Waals surface area (Å²) in [6, 6.07) is 7.53. The number of hydrogen-bond acceptors (Lipinski definition) is 2. The van der Waals surface area contributed by atoms with Gasteiger partial charge in [0.15, 0.2) is 0 Å². The van der Waals surface area contributed by atoms with Gasteiger partial charge in [-0.05, 0) is 37.0 Å². The molecule has 2 heteroatoms. The number of benzene rings is 1. The zero-order valence-corrected chi connectivity index (χ0v) is 9.15. The molecule has 0 aliphatic carbocycles. The standard InChI is InChI=1S/C13H18O2/c1-3-4-5-6-13(14)11-7-9-12(15-2)10-8-11/h3,7-10,13-14H,1,4-6H2,2H3. The lowest BCUT2D eigenvalue weighted by molar-refractivity contribution is 0.165. The van der Waals surface area contributed by atoms with E-state index >= 15 is 0 Å². The van der Waals surface area contributed by atoms with E-state index in [0.29, 0.717) is 0 Å². The molecule has 1 unspecified atom stereocenters. The van der Waals surface area contributed by atoms with Crippen LogP contribution in [0.15, 0.2) is 36.9 Å². The maximum atomic E-state index is 9.84. The van der Waals surface area contributed by atoms with Gasteiger partial charge < -0.3 is 9.84 Å². The largest absolute Gasteiger partial charge is 0.497 e. The zero-order chi connectivity index (χ0) is 11.1. The van der Waals surface area contributed by atoms with E-state index in [4.69, 9.17) is 4.74 Å². The lowest BCUT2D eigenvalue weighted by Crippen LogP contribution is -1.97. The Hall–Kier alpha value is -1.28. The predicted octanol–water partition coefficient (Wildman–Crippen LogP) is 3.08. The first-order valence-electron chi connectivity index (χ1n) is 5.21. The van der Waals surface area contributed by atoms with Crippen molar-refractivity contribution in [1.29, 1.82) is 0 Å². The maximum absolute atomic E-state index is 9.84. The van der Waals surface area contributed by atoms with E-state index < -0.39 is 0 Å².